The normalized spacial score (nSPS) is 14.7. The van der Waals surface area contributed by atoms with Gasteiger partial charge in [-0.25, -0.2) is 9.97 Å². The number of hydrogen-bond donors (Lipinski definition) is 1. The minimum atomic E-state index is 0.000844. The van der Waals surface area contributed by atoms with E-state index in [4.69, 9.17) is 0 Å². The third-order valence-corrected chi connectivity index (χ3v) is 4.70. The summed E-state index contributed by atoms with van der Waals surface area (Å²) in [5.41, 5.74) is 2.98. The van der Waals surface area contributed by atoms with Crippen molar-refractivity contribution in [3.63, 3.8) is 0 Å². The molecule has 1 aliphatic carbocycles. The minimum Gasteiger partial charge on any atom is -0.354 e. The molecule has 1 amide bonds. The van der Waals surface area contributed by atoms with Crippen LogP contribution in [0.2, 0.25) is 0 Å². The van der Waals surface area contributed by atoms with Gasteiger partial charge in [0.15, 0.2) is 0 Å². The maximum Gasteiger partial charge on any atom is 0.217 e. The van der Waals surface area contributed by atoms with Crippen molar-refractivity contribution in [2.75, 3.05) is 0 Å². The number of aromatic nitrogens is 2. The van der Waals surface area contributed by atoms with E-state index in [1.54, 1.807) is 6.92 Å². The van der Waals surface area contributed by atoms with Crippen molar-refractivity contribution in [3.8, 4) is 11.8 Å². The number of nitrogens with one attached hydrogen (secondary N) is 1. The Bertz CT molecular complexity index is 796. The van der Waals surface area contributed by atoms with E-state index >= 15 is 0 Å². The summed E-state index contributed by atoms with van der Waals surface area (Å²) in [6.45, 7) is 3.54. The van der Waals surface area contributed by atoms with Gasteiger partial charge in [-0.05, 0) is 37.0 Å². The summed E-state index contributed by atoms with van der Waals surface area (Å²) in [5.74, 6) is 7.99. The maximum atomic E-state index is 11.1. The molecule has 0 radical (unpaired) electrons. The Morgan fingerprint density at radius 1 is 1.15 bits per heavy atom. The van der Waals surface area contributed by atoms with Crippen LogP contribution in [0.25, 0.3) is 0 Å². The highest BCUT2D eigenvalue weighted by Crippen LogP contribution is 2.28. The Labute approximate surface area is 155 Å². The second kappa shape index (κ2) is 8.62. The molecular weight excluding hydrogens is 322 g/mol. The maximum absolute atomic E-state index is 11.1. The minimum absolute atomic E-state index is 0.000844. The van der Waals surface area contributed by atoms with E-state index in [0.717, 1.165) is 35.7 Å². The summed E-state index contributed by atoms with van der Waals surface area (Å²) in [6.07, 6.45) is 9.40. The van der Waals surface area contributed by atoms with E-state index in [0.29, 0.717) is 0 Å². The highest BCUT2D eigenvalue weighted by molar-refractivity contribution is 5.73. The van der Waals surface area contributed by atoms with Crippen LogP contribution in [0, 0.1) is 17.8 Å². The average molecular weight is 347 g/mol. The first-order chi connectivity index (χ1) is 12.6. The van der Waals surface area contributed by atoms with Gasteiger partial charge in [-0.1, -0.05) is 43.2 Å². The fourth-order valence-electron chi connectivity index (χ4n) is 3.10. The smallest absolute Gasteiger partial charge is 0.217 e. The highest BCUT2D eigenvalue weighted by Gasteiger charge is 2.18. The molecule has 1 unspecified atom stereocenters. The van der Waals surface area contributed by atoms with Crippen LogP contribution in [0.15, 0.2) is 36.7 Å². The van der Waals surface area contributed by atoms with Gasteiger partial charge in [0.05, 0.1) is 5.56 Å². The molecule has 2 aromatic rings. The molecule has 0 bridgehead atoms. The van der Waals surface area contributed by atoms with Crippen LogP contribution in [0.1, 0.15) is 55.6 Å². The fraction of sp³-hybridized carbons (Fsp3) is 0.409. The van der Waals surface area contributed by atoms with Gasteiger partial charge in [0.1, 0.15) is 5.82 Å². The molecule has 1 aromatic carbocycles. The molecule has 1 fully saturated rings. The lowest BCUT2D eigenvalue weighted by atomic mass is 9.83. The molecule has 0 spiro atoms. The second-order valence-corrected chi connectivity index (χ2v) is 7.14. The molecule has 0 saturated heterocycles. The molecule has 1 atom stereocenters. The van der Waals surface area contributed by atoms with E-state index in [1.807, 2.05) is 31.5 Å². The van der Waals surface area contributed by atoms with E-state index in [9.17, 15) is 4.79 Å². The predicted octanol–water partition coefficient (Wildman–Crippen LogP) is 3.29. The first kappa shape index (κ1) is 18.1. The lowest BCUT2D eigenvalue weighted by Crippen LogP contribution is -2.31. The quantitative estimate of drug-likeness (QED) is 0.845. The number of carbonyl (C=O) groups excluding carboxylic acids is 1. The first-order valence-electron chi connectivity index (χ1n) is 9.27. The second-order valence-electron chi connectivity index (χ2n) is 7.14. The number of benzene rings is 1. The van der Waals surface area contributed by atoms with Crippen LogP contribution in [0.4, 0.5) is 0 Å². The van der Waals surface area contributed by atoms with Gasteiger partial charge in [-0.15, -0.1) is 0 Å². The number of carbonyl (C=O) groups is 1. The standard InChI is InChI=1S/C22H25N3O/c1-16(25-17(2)26)12-20-9-6-18(7-10-20)8-11-21-14-23-22(24-15-21)13-19-4-3-5-19/h6-7,9-10,14-16,19H,3-5,12-13H2,1-2H3,(H,25,26). The number of rotatable bonds is 5. The van der Waals surface area contributed by atoms with E-state index in [2.05, 4.69) is 39.3 Å². The SMILES string of the molecule is CC(=O)NC(C)Cc1ccc(C#Cc2cnc(CC3CCC3)nc2)cc1. The highest BCUT2D eigenvalue weighted by atomic mass is 16.1. The topological polar surface area (TPSA) is 54.9 Å². The van der Waals surface area contributed by atoms with Crippen LogP contribution in [0.3, 0.4) is 0 Å². The van der Waals surface area contributed by atoms with Crippen LogP contribution in [0.5, 0.6) is 0 Å². The molecule has 4 heteroatoms. The van der Waals surface area contributed by atoms with Crippen molar-refractivity contribution in [1.29, 1.82) is 0 Å². The Hall–Kier alpha value is -2.67. The molecule has 1 aromatic heterocycles. The zero-order chi connectivity index (χ0) is 18.4. The molecule has 134 valence electrons. The van der Waals surface area contributed by atoms with E-state index in [-0.39, 0.29) is 11.9 Å². The number of hydrogen-bond acceptors (Lipinski definition) is 3. The van der Waals surface area contributed by atoms with Crippen LogP contribution >= 0.6 is 0 Å². The molecular formula is C22H25N3O. The zero-order valence-corrected chi connectivity index (χ0v) is 15.5. The van der Waals surface area contributed by atoms with Gasteiger partial charge in [0, 0.05) is 37.3 Å². The monoisotopic (exact) mass is 347 g/mol. The van der Waals surface area contributed by atoms with Crippen molar-refractivity contribution in [2.24, 2.45) is 5.92 Å². The van der Waals surface area contributed by atoms with Gasteiger partial charge in [0.25, 0.3) is 0 Å². The fourth-order valence-corrected chi connectivity index (χ4v) is 3.10. The van der Waals surface area contributed by atoms with Crippen molar-refractivity contribution >= 4 is 5.91 Å². The Balaban J connectivity index is 1.56. The molecule has 1 saturated carbocycles. The van der Waals surface area contributed by atoms with Gasteiger partial charge < -0.3 is 5.32 Å². The lowest BCUT2D eigenvalue weighted by Gasteiger charge is -2.24. The summed E-state index contributed by atoms with van der Waals surface area (Å²) in [6, 6.07) is 8.25. The van der Waals surface area contributed by atoms with Crippen LogP contribution in [-0.2, 0) is 17.6 Å². The average Bonchev–Trinajstić information content (AvgIpc) is 2.58. The predicted molar refractivity (Wildman–Crippen MR) is 102 cm³/mol. The summed E-state index contributed by atoms with van der Waals surface area (Å²) in [5, 5.41) is 2.90. The molecule has 26 heavy (non-hydrogen) atoms. The summed E-state index contributed by atoms with van der Waals surface area (Å²) in [7, 11) is 0. The zero-order valence-electron chi connectivity index (χ0n) is 15.5. The van der Waals surface area contributed by atoms with Gasteiger partial charge in [-0.2, -0.15) is 0 Å². The van der Waals surface area contributed by atoms with Crippen molar-refractivity contribution in [3.05, 3.63) is 59.2 Å². The van der Waals surface area contributed by atoms with E-state index in [1.165, 1.54) is 24.8 Å². The summed E-state index contributed by atoms with van der Waals surface area (Å²) >= 11 is 0. The summed E-state index contributed by atoms with van der Waals surface area (Å²) < 4.78 is 0. The van der Waals surface area contributed by atoms with Gasteiger partial charge >= 0.3 is 0 Å². The largest absolute Gasteiger partial charge is 0.354 e. The Morgan fingerprint density at radius 3 is 2.38 bits per heavy atom. The van der Waals surface area contributed by atoms with Crippen molar-refractivity contribution in [1.82, 2.24) is 15.3 Å². The Kier molecular flexibility index (Phi) is 6.01. The van der Waals surface area contributed by atoms with Crippen LogP contribution < -0.4 is 5.32 Å². The van der Waals surface area contributed by atoms with Crippen molar-refractivity contribution < 1.29 is 4.79 Å². The summed E-state index contributed by atoms with van der Waals surface area (Å²) in [4.78, 5) is 19.9. The molecule has 0 aliphatic heterocycles. The Morgan fingerprint density at radius 2 is 1.81 bits per heavy atom. The third-order valence-electron chi connectivity index (χ3n) is 4.70. The van der Waals surface area contributed by atoms with Gasteiger partial charge in [-0.3, -0.25) is 4.79 Å². The third kappa shape index (κ3) is 5.42. The molecule has 4 nitrogen and oxygen atoms in total. The van der Waals surface area contributed by atoms with Crippen molar-refractivity contribution in [2.45, 2.75) is 52.0 Å². The number of nitrogens with zero attached hydrogens (tertiary/aromatic N) is 2. The molecule has 3 rings (SSSR count). The van der Waals surface area contributed by atoms with E-state index < -0.39 is 0 Å². The molecule has 1 N–H and O–H groups in total. The first-order valence-corrected chi connectivity index (χ1v) is 9.27. The number of amides is 1. The van der Waals surface area contributed by atoms with Gasteiger partial charge in [0.2, 0.25) is 5.91 Å². The lowest BCUT2D eigenvalue weighted by molar-refractivity contribution is -0.119. The molecule has 1 aliphatic rings. The van der Waals surface area contributed by atoms with Crippen LogP contribution in [-0.4, -0.2) is 21.9 Å². The molecule has 1 heterocycles.